The highest BCUT2D eigenvalue weighted by Gasteiger charge is 2.07. The fraction of sp³-hybridized carbons (Fsp3) is 0.133. The van der Waals surface area contributed by atoms with Gasteiger partial charge in [0.1, 0.15) is 11.6 Å². The van der Waals surface area contributed by atoms with Crippen molar-refractivity contribution in [2.45, 2.75) is 0 Å². The van der Waals surface area contributed by atoms with Crippen molar-refractivity contribution in [3.63, 3.8) is 0 Å². The minimum atomic E-state index is -0.362. The number of nitrogens with zero attached hydrogens (tertiary/aromatic N) is 1. The van der Waals surface area contributed by atoms with E-state index in [9.17, 15) is 14.0 Å². The summed E-state index contributed by atoms with van der Waals surface area (Å²) in [5.41, 5.74) is 0.518. The van der Waals surface area contributed by atoms with Crippen LogP contribution in [0.15, 0.2) is 48.7 Å². The van der Waals surface area contributed by atoms with Gasteiger partial charge in [-0.1, -0.05) is 6.07 Å². The van der Waals surface area contributed by atoms with E-state index in [2.05, 4.69) is 15.6 Å². The van der Waals surface area contributed by atoms with Gasteiger partial charge in [0, 0.05) is 11.9 Å². The molecule has 0 bridgehead atoms. The molecule has 0 atom stereocenters. The molecule has 0 radical (unpaired) electrons. The summed E-state index contributed by atoms with van der Waals surface area (Å²) in [6.45, 7) is 0. The summed E-state index contributed by atoms with van der Waals surface area (Å²) in [7, 11) is 0. The molecule has 0 aliphatic carbocycles. The van der Waals surface area contributed by atoms with Crippen molar-refractivity contribution < 1.29 is 14.0 Å². The molecule has 22 heavy (non-hydrogen) atoms. The standard InChI is InChI=1S/C15H14FN3O2S/c16-11-4-6-12(7-5-11)18-14(20)9-22-10-15(21)19-13-3-1-2-8-17-13/h1-8H,9-10H2,(H,18,20)(H,17,19,21). The molecule has 1 aromatic heterocycles. The molecule has 0 saturated carbocycles. The van der Waals surface area contributed by atoms with Gasteiger partial charge in [0.15, 0.2) is 0 Å². The molecule has 2 aromatic rings. The van der Waals surface area contributed by atoms with Gasteiger partial charge in [-0.3, -0.25) is 9.59 Å². The number of carbonyl (C=O) groups is 2. The van der Waals surface area contributed by atoms with E-state index in [4.69, 9.17) is 0 Å². The van der Waals surface area contributed by atoms with E-state index in [0.29, 0.717) is 11.5 Å². The number of halogens is 1. The van der Waals surface area contributed by atoms with Gasteiger partial charge in [-0.05, 0) is 36.4 Å². The lowest BCUT2D eigenvalue weighted by atomic mass is 10.3. The number of nitrogens with one attached hydrogen (secondary N) is 2. The molecule has 0 saturated heterocycles. The maximum absolute atomic E-state index is 12.7. The number of hydrogen-bond donors (Lipinski definition) is 2. The molecular weight excluding hydrogens is 305 g/mol. The number of pyridine rings is 1. The Kier molecular flexibility index (Phi) is 5.91. The molecule has 0 unspecified atom stereocenters. The van der Waals surface area contributed by atoms with Crippen molar-refractivity contribution in [3.8, 4) is 0 Å². The average Bonchev–Trinajstić information content (AvgIpc) is 2.50. The highest BCUT2D eigenvalue weighted by atomic mass is 32.2. The predicted molar refractivity (Wildman–Crippen MR) is 85.2 cm³/mol. The number of hydrogen-bond acceptors (Lipinski definition) is 4. The zero-order chi connectivity index (χ0) is 15.8. The van der Waals surface area contributed by atoms with E-state index in [-0.39, 0.29) is 29.1 Å². The first-order valence-electron chi connectivity index (χ1n) is 6.47. The van der Waals surface area contributed by atoms with Gasteiger partial charge in [-0.25, -0.2) is 9.37 Å². The summed E-state index contributed by atoms with van der Waals surface area (Å²) in [5, 5.41) is 5.25. The van der Waals surface area contributed by atoms with Gasteiger partial charge >= 0.3 is 0 Å². The lowest BCUT2D eigenvalue weighted by Gasteiger charge is -2.05. The molecule has 0 fully saturated rings. The normalized spacial score (nSPS) is 10.0. The zero-order valence-corrected chi connectivity index (χ0v) is 12.4. The molecule has 5 nitrogen and oxygen atoms in total. The van der Waals surface area contributed by atoms with Crippen LogP contribution in [0.25, 0.3) is 0 Å². The van der Waals surface area contributed by atoms with Crippen LogP contribution in [0, 0.1) is 5.82 Å². The van der Waals surface area contributed by atoms with Crippen molar-refractivity contribution in [1.29, 1.82) is 0 Å². The molecule has 2 rings (SSSR count). The number of thioether (sulfide) groups is 1. The summed E-state index contributed by atoms with van der Waals surface area (Å²) in [4.78, 5) is 27.3. The highest BCUT2D eigenvalue weighted by molar-refractivity contribution is 8.00. The van der Waals surface area contributed by atoms with Gasteiger partial charge in [0.25, 0.3) is 0 Å². The van der Waals surface area contributed by atoms with Crippen LogP contribution in [0.5, 0.6) is 0 Å². The van der Waals surface area contributed by atoms with Gasteiger partial charge in [0.2, 0.25) is 11.8 Å². The molecule has 1 aromatic carbocycles. The van der Waals surface area contributed by atoms with Crippen LogP contribution in [-0.4, -0.2) is 28.3 Å². The third-order valence-electron chi connectivity index (χ3n) is 2.53. The Hall–Kier alpha value is -2.41. The fourth-order valence-corrected chi connectivity index (χ4v) is 2.20. The van der Waals surface area contributed by atoms with Crippen LogP contribution in [-0.2, 0) is 9.59 Å². The van der Waals surface area contributed by atoms with Gasteiger partial charge in [0.05, 0.1) is 11.5 Å². The Morgan fingerprint density at radius 3 is 2.32 bits per heavy atom. The molecular formula is C15H14FN3O2S. The Bertz CT molecular complexity index is 635. The summed E-state index contributed by atoms with van der Waals surface area (Å²) >= 11 is 1.19. The smallest absolute Gasteiger partial charge is 0.235 e. The molecule has 2 amide bonds. The maximum Gasteiger partial charge on any atom is 0.235 e. The molecule has 2 N–H and O–H groups in total. The van der Waals surface area contributed by atoms with Crippen LogP contribution in [0.3, 0.4) is 0 Å². The van der Waals surface area contributed by atoms with Crippen LogP contribution < -0.4 is 10.6 Å². The summed E-state index contributed by atoms with van der Waals surface area (Å²) in [5.74, 6) is -0.0802. The Labute approximate surface area is 131 Å². The quantitative estimate of drug-likeness (QED) is 0.858. The number of rotatable bonds is 6. The van der Waals surface area contributed by atoms with Gasteiger partial charge < -0.3 is 10.6 Å². The van der Waals surface area contributed by atoms with Crippen LogP contribution in [0.1, 0.15) is 0 Å². The van der Waals surface area contributed by atoms with E-state index in [1.807, 2.05) is 0 Å². The van der Waals surface area contributed by atoms with Crippen molar-refractivity contribution >= 4 is 35.1 Å². The van der Waals surface area contributed by atoms with E-state index in [1.165, 1.54) is 36.0 Å². The fourth-order valence-electron chi connectivity index (χ4n) is 1.58. The lowest BCUT2D eigenvalue weighted by Crippen LogP contribution is -2.18. The second-order valence-electron chi connectivity index (χ2n) is 4.31. The maximum atomic E-state index is 12.7. The number of amides is 2. The summed E-state index contributed by atoms with van der Waals surface area (Å²) < 4.78 is 12.7. The molecule has 0 aliphatic rings. The molecule has 0 spiro atoms. The van der Waals surface area contributed by atoms with Crippen molar-refractivity contribution in [1.82, 2.24) is 4.98 Å². The van der Waals surface area contributed by atoms with E-state index < -0.39 is 0 Å². The third kappa shape index (κ3) is 5.53. The molecule has 7 heteroatoms. The molecule has 0 aliphatic heterocycles. The summed E-state index contributed by atoms with van der Waals surface area (Å²) in [6, 6.07) is 10.7. The SMILES string of the molecule is O=C(CSCC(=O)Nc1ccccn1)Nc1ccc(F)cc1. The zero-order valence-electron chi connectivity index (χ0n) is 11.6. The summed E-state index contributed by atoms with van der Waals surface area (Å²) in [6.07, 6.45) is 1.58. The van der Waals surface area contributed by atoms with Crippen LogP contribution in [0.2, 0.25) is 0 Å². The van der Waals surface area contributed by atoms with E-state index in [0.717, 1.165) is 0 Å². The van der Waals surface area contributed by atoms with E-state index in [1.54, 1.807) is 24.4 Å². The van der Waals surface area contributed by atoms with Gasteiger partial charge in [-0.15, -0.1) is 11.8 Å². The lowest BCUT2D eigenvalue weighted by molar-refractivity contribution is -0.114. The topological polar surface area (TPSA) is 71.1 Å². The average molecular weight is 319 g/mol. The van der Waals surface area contributed by atoms with Crippen molar-refractivity contribution in [3.05, 3.63) is 54.5 Å². The van der Waals surface area contributed by atoms with Crippen LogP contribution in [0.4, 0.5) is 15.9 Å². The van der Waals surface area contributed by atoms with Crippen molar-refractivity contribution in [2.75, 3.05) is 22.1 Å². The second-order valence-corrected chi connectivity index (χ2v) is 5.30. The Morgan fingerprint density at radius 2 is 1.68 bits per heavy atom. The molecule has 114 valence electrons. The minimum absolute atomic E-state index is 0.132. The minimum Gasteiger partial charge on any atom is -0.325 e. The number of carbonyl (C=O) groups excluding carboxylic acids is 2. The van der Waals surface area contributed by atoms with Crippen LogP contribution >= 0.6 is 11.8 Å². The third-order valence-corrected chi connectivity index (χ3v) is 3.46. The first-order valence-corrected chi connectivity index (χ1v) is 7.63. The molecule has 1 heterocycles. The monoisotopic (exact) mass is 319 g/mol. The first kappa shape index (κ1) is 16.0. The Balaban J connectivity index is 1.68. The van der Waals surface area contributed by atoms with E-state index >= 15 is 0 Å². The van der Waals surface area contributed by atoms with Crippen molar-refractivity contribution in [2.24, 2.45) is 0 Å². The first-order chi connectivity index (χ1) is 10.6. The highest BCUT2D eigenvalue weighted by Crippen LogP contribution is 2.10. The Morgan fingerprint density at radius 1 is 1.00 bits per heavy atom. The number of benzene rings is 1. The van der Waals surface area contributed by atoms with Gasteiger partial charge in [-0.2, -0.15) is 0 Å². The number of anilines is 2. The number of aromatic nitrogens is 1. The predicted octanol–water partition coefficient (Wildman–Crippen LogP) is 2.53. The largest absolute Gasteiger partial charge is 0.325 e. The second kappa shape index (κ2) is 8.14.